The fourth-order valence-electron chi connectivity index (χ4n) is 7.60. The van der Waals surface area contributed by atoms with E-state index in [9.17, 15) is 0 Å². The van der Waals surface area contributed by atoms with Crippen molar-refractivity contribution >= 4 is 8.60 Å². The van der Waals surface area contributed by atoms with Crippen LogP contribution in [0, 0.1) is 21.7 Å². The zero-order valence-corrected chi connectivity index (χ0v) is 32.6. The van der Waals surface area contributed by atoms with E-state index in [1.54, 1.807) is 7.11 Å². The molecular weight excluding hydrogens is 577 g/mol. The van der Waals surface area contributed by atoms with Gasteiger partial charge in [0.2, 0.25) is 0 Å². The van der Waals surface area contributed by atoms with Gasteiger partial charge in [-0.1, -0.05) is 107 Å². The van der Waals surface area contributed by atoms with E-state index in [4.69, 9.17) is 18.4 Å². The SMILES string of the molecule is CON1C(C)(C)CC(OP2OC(C(C)(C)C)=C3C=C(C(C)(C)C)CC/C3=C3\C=C(C(C)(C)C)C=C(C(C)(C)C)C3O2)CC1(C)C. The summed E-state index contributed by atoms with van der Waals surface area (Å²) in [4.78, 5) is 5.90. The first-order valence-electron chi connectivity index (χ1n) is 17.1. The number of hydrogen-bond acceptors (Lipinski definition) is 5. The summed E-state index contributed by atoms with van der Waals surface area (Å²) in [7, 11) is 0.0448. The summed E-state index contributed by atoms with van der Waals surface area (Å²) in [6.07, 6.45) is 10.7. The Kier molecular flexibility index (Phi) is 9.78. The van der Waals surface area contributed by atoms with Gasteiger partial charge in [-0.25, -0.2) is 0 Å². The molecule has 6 heteroatoms. The number of rotatable bonds is 3. The van der Waals surface area contributed by atoms with Crippen LogP contribution < -0.4 is 0 Å². The maximum absolute atomic E-state index is 7.21. The van der Waals surface area contributed by atoms with Gasteiger partial charge < -0.3 is 9.36 Å². The van der Waals surface area contributed by atoms with Crippen molar-refractivity contribution in [2.24, 2.45) is 21.7 Å². The summed E-state index contributed by atoms with van der Waals surface area (Å²) >= 11 is 0. The van der Waals surface area contributed by atoms with Gasteiger partial charge in [0.25, 0.3) is 0 Å². The van der Waals surface area contributed by atoms with Crippen LogP contribution in [-0.2, 0) is 18.4 Å². The summed E-state index contributed by atoms with van der Waals surface area (Å²) in [5.41, 5.74) is 7.28. The lowest BCUT2D eigenvalue weighted by atomic mass is 9.69. The minimum absolute atomic E-state index is 0.000568. The zero-order valence-electron chi connectivity index (χ0n) is 31.7. The fraction of sp³-hybridized carbons (Fsp3) is 0.744. The minimum Gasteiger partial charge on any atom is -0.430 e. The number of hydroxylamine groups is 2. The first-order chi connectivity index (χ1) is 20.3. The maximum atomic E-state index is 7.21. The molecule has 0 spiro atoms. The second-order valence-corrected chi connectivity index (χ2v) is 20.1. The Labute approximate surface area is 277 Å². The Balaban J connectivity index is 1.95. The van der Waals surface area contributed by atoms with Gasteiger partial charge in [-0.05, 0) is 91.9 Å². The third-order valence-electron chi connectivity index (χ3n) is 9.77. The normalized spacial score (nSPS) is 28.7. The van der Waals surface area contributed by atoms with Gasteiger partial charge in [-0.2, -0.15) is 5.06 Å². The highest BCUT2D eigenvalue weighted by atomic mass is 31.2. The molecule has 1 fully saturated rings. The van der Waals surface area contributed by atoms with Crippen molar-refractivity contribution in [2.75, 3.05) is 7.11 Å². The maximum Gasteiger partial charge on any atom is 0.398 e. The second kappa shape index (κ2) is 12.0. The monoisotopic (exact) mass is 641 g/mol. The molecule has 0 aromatic heterocycles. The summed E-state index contributed by atoms with van der Waals surface area (Å²) in [6.45, 7) is 36.5. The lowest BCUT2D eigenvalue weighted by Gasteiger charge is -2.53. The molecule has 0 radical (unpaired) electrons. The van der Waals surface area contributed by atoms with E-state index >= 15 is 0 Å². The molecule has 0 amide bonds. The summed E-state index contributed by atoms with van der Waals surface area (Å²) in [6, 6.07) is 0. The number of piperidine rings is 1. The van der Waals surface area contributed by atoms with E-state index in [1.807, 2.05) is 0 Å². The van der Waals surface area contributed by atoms with Crippen LogP contribution in [0.4, 0.5) is 0 Å². The van der Waals surface area contributed by atoms with Crippen LogP contribution in [0.2, 0.25) is 0 Å². The van der Waals surface area contributed by atoms with Crippen molar-refractivity contribution in [1.82, 2.24) is 5.06 Å². The predicted molar refractivity (Wildman–Crippen MR) is 189 cm³/mol. The van der Waals surface area contributed by atoms with Crippen LogP contribution in [0.5, 0.6) is 0 Å². The van der Waals surface area contributed by atoms with Crippen LogP contribution in [0.25, 0.3) is 0 Å². The van der Waals surface area contributed by atoms with Gasteiger partial charge in [-0.15, -0.1) is 0 Å². The molecule has 0 N–H and O–H groups in total. The number of allylic oxidation sites excluding steroid dienone is 7. The van der Waals surface area contributed by atoms with Crippen molar-refractivity contribution in [3.05, 3.63) is 57.4 Å². The molecule has 0 saturated carbocycles. The highest BCUT2D eigenvalue weighted by Gasteiger charge is 2.49. The molecule has 45 heavy (non-hydrogen) atoms. The van der Waals surface area contributed by atoms with E-state index in [0.29, 0.717) is 0 Å². The largest absolute Gasteiger partial charge is 0.430 e. The van der Waals surface area contributed by atoms with Crippen molar-refractivity contribution in [3.63, 3.8) is 0 Å². The molecule has 4 rings (SSSR count). The lowest BCUT2D eigenvalue weighted by molar-refractivity contribution is -0.275. The Morgan fingerprint density at radius 3 is 1.80 bits per heavy atom. The molecule has 2 heterocycles. The molecule has 2 aliphatic carbocycles. The summed E-state index contributed by atoms with van der Waals surface area (Å²) < 4.78 is 21.4. The number of fused-ring (bicyclic) bond motifs is 2. The zero-order chi connectivity index (χ0) is 34.1. The van der Waals surface area contributed by atoms with Gasteiger partial charge in [0, 0.05) is 22.1 Å². The third-order valence-corrected chi connectivity index (χ3v) is 11.0. The molecular formula is C39H64NO4P. The second-order valence-electron chi connectivity index (χ2n) is 19.1. The smallest absolute Gasteiger partial charge is 0.398 e. The van der Waals surface area contributed by atoms with E-state index in [1.165, 1.54) is 33.4 Å². The third kappa shape index (κ3) is 7.75. The minimum atomic E-state index is -1.73. The van der Waals surface area contributed by atoms with Crippen molar-refractivity contribution in [3.8, 4) is 0 Å². The first-order valence-corrected chi connectivity index (χ1v) is 18.1. The standard InChI is InChI=1S/C39H64NO4P/c1-34(2,3)25-18-19-28-29-21-26(35(4,5)6)22-31(36(7,8)9)32(29)43-45(44-33(30(28)20-25)37(10,11)12)42-27-23-38(13,14)40(41-17)39(15,16)24-27/h20-22,27,32H,18-19,23-24H2,1-17H3/b29-28-,33-30?. The Bertz CT molecular complexity index is 1300. The van der Waals surface area contributed by atoms with Gasteiger partial charge in [0.05, 0.1) is 13.2 Å². The van der Waals surface area contributed by atoms with Crippen molar-refractivity contribution in [1.29, 1.82) is 0 Å². The Hall–Kier alpha value is -1.23. The molecule has 0 aromatic carbocycles. The quantitative estimate of drug-likeness (QED) is 0.287. The van der Waals surface area contributed by atoms with Crippen LogP contribution >= 0.6 is 8.60 Å². The van der Waals surface area contributed by atoms with Crippen molar-refractivity contribution in [2.45, 2.75) is 160 Å². The van der Waals surface area contributed by atoms with Gasteiger partial charge in [0.15, 0.2) is 0 Å². The Morgan fingerprint density at radius 1 is 0.756 bits per heavy atom. The van der Waals surface area contributed by atoms with Crippen LogP contribution in [-0.4, -0.2) is 35.5 Å². The van der Waals surface area contributed by atoms with Gasteiger partial charge in [0.1, 0.15) is 11.9 Å². The average Bonchev–Trinajstić information content (AvgIpc) is 2.82. The van der Waals surface area contributed by atoms with Gasteiger partial charge >= 0.3 is 8.60 Å². The highest BCUT2D eigenvalue weighted by Crippen LogP contribution is 2.58. The number of hydrogen-bond donors (Lipinski definition) is 0. The van der Waals surface area contributed by atoms with E-state index in [2.05, 4.69) is 134 Å². The van der Waals surface area contributed by atoms with Crippen LogP contribution in [0.3, 0.4) is 0 Å². The molecule has 0 aromatic rings. The summed E-state index contributed by atoms with van der Waals surface area (Å²) in [5.74, 6) is 0.974. The predicted octanol–water partition coefficient (Wildman–Crippen LogP) is 11.5. The van der Waals surface area contributed by atoms with Gasteiger partial charge in [-0.3, -0.25) is 9.05 Å². The fourth-order valence-corrected chi connectivity index (χ4v) is 9.05. The molecule has 2 unspecified atom stereocenters. The molecule has 5 nitrogen and oxygen atoms in total. The molecule has 4 aliphatic rings. The van der Waals surface area contributed by atoms with Crippen molar-refractivity contribution < 1.29 is 18.4 Å². The first kappa shape index (κ1) is 36.6. The van der Waals surface area contributed by atoms with E-state index in [-0.39, 0.29) is 44.9 Å². The molecule has 0 bridgehead atoms. The average molecular weight is 642 g/mol. The molecule has 1 saturated heterocycles. The summed E-state index contributed by atoms with van der Waals surface area (Å²) in [5, 5.41) is 2.13. The molecule has 254 valence electrons. The highest BCUT2D eigenvalue weighted by molar-refractivity contribution is 7.41. The van der Waals surface area contributed by atoms with Crippen LogP contribution in [0.1, 0.15) is 136 Å². The number of nitrogens with zero attached hydrogens (tertiary/aromatic N) is 1. The Morgan fingerprint density at radius 2 is 1.33 bits per heavy atom. The van der Waals surface area contributed by atoms with E-state index in [0.717, 1.165) is 31.4 Å². The van der Waals surface area contributed by atoms with Crippen LogP contribution in [0.15, 0.2) is 57.4 Å². The topological polar surface area (TPSA) is 40.2 Å². The molecule has 2 atom stereocenters. The van der Waals surface area contributed by atoms with E-state index < -0.39 is 8.60 Å². The molecule has 2 aliphatic heterocycles. The lowest BCUT2D eigenvalue weighted by Crippen LogP contribution is -2.61.